The normalized spacial score (nSPS) is 13.4. The van der Waals surface area contributed by atoms with Gasteiger partial charge >= 0.3 is 0 Å². The van der Waals surface area contributed by atoms with Gasteiger partial charge in [0.2, 0.25) is 0 Å². The molecule has 0 radical (unpaired) electrons. The van der Waals surface area contributed by atoms with Gasteiger partial charge in [-0.3, -0.25) is 0 Å². The van der Waals surface area contributed by atoms with Crippen LogP contribution in [0.1, 0.15) is 26.0 Å². The lowest BCUT2D eigenvalue weighted by molar-refractivity contribution is 0.162. The van der Waals surface area contributed by atoms with Gasteiger partial charge in [0, 0.05) is 25.8 Å². The summed E-state index contributed by atoms with van der Waals surface area (Å²) < 4.78 is 2.14. The van der Waals surface area contributed by atoms with Crippen molar-refractivity contribution in [2.24, 2.45) is 0 Å². The van der Waals surface area contributed by atoms with E-state index in [9.17, 15) is 5.11 Å². The number of nitrogens with zero attached hydrogens (tertiary/aromatic N) is 3. The van der Waals surface area contributed by atoms with Gasteiger partial charge < -0.3 is 14.6 Å². The third kappa shape index (κ3) is 4.01. The fourth-order valence-electron chi connectivity index (χ4n) is 1.53. The van der Waals surface area contributed by atoms with Crippen LogP contribution in [0.4, 0.5) is 0 Å². The van der Waals surface area contributed by atoms with E-state index in [0.717, 1.165) is 26.1 Å². The van der Waals surface area contributed by atoms with Crippen LogP contribution in [0.25, 0.3) is 0 Å². The zero-order chi connectivity index (χ0) is 11.3. The van der Waals surface area contributed by atoms with Crippen molar-refractivity contribution in [3.63, 3.8) is 0 Å². The largest absolute Gasteiger partial charge is 0.393 e. The first-order chi connectivity index (χ1) is 7.13. The van der Waals surface area contributed by atoms with Gasteiger partial charge in [0.15, 0.2) is 0 Å². The van der Waals surface area contributed by atoms with Gasteiger partial charge in [0.1, 0.15) is 0 Å². The molecule has 0 fully saturated rings. The minimum atomic E-state index is -0.219. The molecule has 1 aromatic rings. The molecule has 15 heavy (non-hydrogen) atoms. The zero-order valence-corrected chi connectivity index (χ0v) is 9.85. The highest BCUT2D eigenvalue weighted by Gasteiger charge is 2.05. The SMILES string of the molecule is CCn1cncc1CN(C)CCC(C)O. The molecule has 1 rings (SSSR count). The van der Waals surface area contributed by atoms with Crippen molar-refractivity contribution < 1.29 is 5.11 Å². The van der Waals surface area contributed by atoms with Gasteiger partial charge in [-0.15, -0.1) is 0 Å². The first kappa shape index (κ1) is 12.2. The molecule has 0 spiro atoms. The average molecular weight is 211 g/mol. The summed E-state index contributed by atoms with van der Waals surface area (Å²) in [4.78, 5) is 6.33. The monoisotopic (exact) mass is 211 g/mol. The van der Waals surface area contributed by atoms with Crippen molar-refractivity contribution in [1.82, 2.24) is 14.5 Å². The number of hydrogen-bond acceptors (Lipinski definition) is 3. The lowest BCUT2D eigenvalue weighted by Crippen LogP contribution is -2.23. The number of aryl methyl sites for hydroxylation is 1. The predicted molar refractivity (Wildman–Crippen MR) is 60.5 cm³/mol. The molecule has 86 valence electrons. The Morgan fingerprint density at radius 3 is 2.93 bits per heavy atom. The van der Waals surface area contributed by atoms with Gasteiger partial charge in [-0.1, -0.05) is 0 Å². The van der Waals surface area contributed by atoms with E-state index in [1.54, 1.807) is 0 Å². The maximum Gasteiger partial charge on any atom is 0.0948 e. The van der Waals surface area contributed by atoms with Crippen LogP contribution < -0.4 is 0 Å². The van der Waals surface area contributed by atoms with Gasteiger partial charge in [-0.2, -0.15) is 0 Å². The molecule has 1 aromatic heterocycles. The Bertz CT molecular complexity index is 283. The topological polar surface area (TPSA) is 41.3 Å². The summed E-state index contributed by atoms with van der Waals surface area (Å²) in [6.07, 6.45) is 4.36. The van der Waals surface area contributed by atoms with Crippen LogP contribution in [0.3, 0.4) is 0 Å². The number of aromatic nitrogens is 2. The second-order valence-corrected chi connectivity index (χ2v) is 4.05. The second kappa shape index (κ2) is 5.88. The van der Waals surface area contributed by atoms with Crippen LogP contribution in [0, 0.1) is 0 Å². The summed E-state index contributed by atoms with van der Waals surface area (Å²) in [7, 11) is 2.06. The van der Waals surface area contributed by atoms with Gasteiger partial charge in [-0.05, 0) is 27.3 Å². The maximum absolute atomic E-state index is 9.18. The van der Waals surface area contributed by atoms with E-state index in [-0.39, 0.29) is 6.10 Å². The fraction of sp³-hybridized carbons (Fsp3) is 0.727. The van der Waals surface area contributed by atoms with E-state index in [4.69, 9.17) is 0 Å². The molecule has 1 heterocycles. The van der Waals surface area contributed by atoms with Crippen LogP contribution in [0.5, 0.6) is 0 Å². The number of imidazole rings is 1. The summed E-state index contributed by atoms with van der Waals surface area (Å²) in [5.41, 5.74) is 1.23. The van der Waals surface area contributed by atoms with E-state index >= 15 is 0 Å². The molecule has 4 heteroatoms. The zero-order valence-electron chi connectivity index (χ0n) is 9.85. The Kier molecular flexibility index (Phi) is 4.78. The lowest BCUT2D eigenvalue weighted by Gasteiger charge is -2.17. The Morgan fingerprint density at radius 2 is 2.33 bits per heavy atom. The van der Waals surface area contributed by atoms with Crippen LogP contribution in [-0.2, 0) is 13.1 Å². The average Bonchev–Trinajstić information content (AvgIpc) is 2.62. The molecule has 0 saturated carbocycles. The van der Waals surface area contributed by atoms with Crippen LogP contribution in [0.15, 0.2) is 12.5 Å². The Morgan fingerprint density at radius 1 is 1.60 bits per heavy atom. The number of aliphatic hydroxyl groups is 1. The molecule has 0 amide bonds. The second-order valence-electron chi connectivity index (χ2n) is 4.05. The standard InChI is InChI=1S/C11H21N3O/c1-4-14-9-12-7-11(14)8-13(3)6-5-10(2)15/h7,9-10,15H,4-6,8H2,1-3H3. The van der Waals surface area contributed by atoms with E-state index < -0.39 is 0 Å². The van der Waals surface area contributed by atoms with Gasteiger partial charge in [0.05, 0.1) is 18.1 Å². The van der Waals surface area contributed by atoms with Crippen molar-refractivity contribution in [3.8, 4) is 0 Å². The quantitative estimate of drug-likeness (QED) is 0.766. The highest BCUT2D eigenvalue weighted by Crippen LogP contribution is 2.04. The van der Waals surface area contributed by atoms with Crippen molar-refractivity contribution in [2.75, 3.05) is 13.6 Å². The number of hydrogen-bond donors (Lipinski definition) is 1. The molecule has 4 nitrogen and oxygen atoms in total. The molecular formula is C11H21N3O. The molecule has 1 atom stereocenters. The van der Waals surface area contributed by atoms with Gasteiger partial charge in [0.25, 0.3) is 0 Å². The van der Waals surface area contributed by atoms with Crippen LogP contribution >= 0.6 is 0 Å². The molecule has 0 aliphatic heterocycles. The first-order valence-electron chi connectivity index (χ1n) is 5.49. The fourth-order valence-corrected chi connectivity index (χ4v) is 1.53. The van der Waals surface area contributed by atoms with E-state index in [1.807, 2.05) is 19.4 Å². The Hall–Kier alpha value is -0.870. The third-order valence-electron chi connectivity index (χ3n) is 2.50. The maximum atomic E-state index is 9.18. The lowest BCUT2D eigenvalue weighted by atomic mass is 10.2. The van der Waals surface area contributed by atoms with E-state index in [2.05, 4.69) is 28.4 Å². The first-order valence-corrected chi connectivity index (χ1v) is 5.49. The van der Waals surface area contributed by atoms with Crippen LogP contribution in [0.2, 0.25) is 0 Å². The highest BCUT2D eigenvalue weighted by molar-refractivity contribution is 4.97. The Balaban J connectivity index is 2.40. The summed E-state index contributed by atoms with van der Waals surface area (Å²) in [6, 6.07) is 0. The summed E-state index contributed by atoms with van der Waals surface area (Å²) >= 11 is 0. The molecule has 0 saturated heterocycles. The summed E-state index contributed by atoms with van der Waals surface area (Å²) in [6.45, 7) is 6.69. The minimum absolute atomic E-state index is 0.219. The van der Waals surface area contributed by atoms with Crippen molar-refractivity contribution >= 4 is 0 Å². The third-order valence-corrected chi connectivity index (χ3v) is 2.50. The minimum Gasteiger partial charge on any atom is -0.393 e. The molecular weight excluding hydrogens is 190 g/mol. The molecule has 0 aliphatic carbocycles. The summed E-state index contributed by atoms with van der Waals surface area (Å²) in [5.74, 6) is 0. The highest BCUT2D eigenvalue weighted by atomic mass is 16.3. The molecule has 1 N–H and O–H groups in total. The smallest absolute Gasteiger partial charge is 0.0948 e. The van der Waals surface area contributed by atoms with Crippen molar-refractivity contribution in [3.05, 3.63) is 18.2 Å². The van der Waals surface area contributed by atoms with Gasteiger partial charge in [-0.25, -0.2) is 4.98 Å². The van der Waals surface area contributed by atoms with Crippen molar-refractivity contribution in [1.29, 1.82) is 0 Å². The summed E-state index contributed by atoms with van der Waals surface area (Å²) in [5, 5.41) is 9.18. The molecule has 0 bridgehead atoms. The molecule has 1 unspecified atom stereocenters. The predicted octanol–water partition coefficient (Wildman–Crippen LogP) is 1.11. The molecule has 0 aromatic carbocycles. The Labute approximate surface area is 91.5 Å². The number of aliphatic hydroxyl groups excluding tert-OH is 1. The van der Waals surface area contributed by atoms with E-state index in [0.29, 0.717) is 0 Å². The van der Waals surface area contributed by atoms with Crippen molar-refractivity contribution in [2.45, 2.75) is 39.5 Å². The van der Waals surface area contributed by atoms with E-state index in [1.165, 1.54) is 5.69 Å². The number of rotatable bonds is 6. The van der Waals surface area contributed by atoms with Crippen LogP contribution in [-0.4, -0.2) is 39.3 Å². The molecule has 0 aliphatic rings.